The van der Waals surface area contributed by atoms with Gasteiger partial charge in [0.15, 0.2) is 0 Å². The lowest BCUT2D eigenvalue weighted by molar-refractivity contribution is -0.153. The van der Waals surface area contributed by atoms with Crippen molar-refractivity contribution >= 4 is 35.1 Å². The first kappa shape index (κ1) is 16.5. The molecule has 0 saturated carbocycles. The number of esters is 1. The smallest absolute Gasteiger partial charge is 0.325 e. The van der Waals surface area contributed by atoms with E-state index in [1.54, 1.807) is 6.92 Å². The number of nitrogens with zero attached hydrogens (tertiary/aromatic N) is 1. The van der Waals surface area contributed by atoms with E-state index >= 15 is 0 Å². The largest absolute Gasteiger partial charge is 0.461 e. The Hall–Kier alpha value is -0.520. The number of hydrogen-bond donors (Lipinski definition) is 1. The van der Waals surface area contributed by atoms with Gasteiger partial charge in [0, 0.05) is 12.5 Å². The van der Waals surface area contributed by atoms with Crippen molar-refractivity contribution in [2.45, 2.75) is 44.0 Å². The van der Waals surface area contributed by atoms with Crippen LogP contribution >= 0.6 is 23.2 Å². The highest BCUT2D eigenvalue weighted by molar-refractivity contribution is 6.48. The Morgan fingerprint density at radius 1 is 1.47 bits per heavy atom. The van der Waals surface area contributed by atoms with Crippen LogP contribution in [0.2, 0.25) is 0 Å². The van der Waals surface area contributed by atoms with Gasteiger partial charge in [-0.15, -0.1) is 0 Å². The monoisotopic (exact) mass is 310 g/mol. The lowest BCUT2D eigenvalue weighted by Crippen LogP contribution is -2.56. The summed E-state index contributed by atoms with van der Waals surface area (Å²) < 4.78 is 3.93. The van der Waals surface area contributed by atoms with Crippen molar-refractivity contribution in [3.63, 3.8) is 0 Å². The van der Waals surface area contributed by atoms with E-state index in [0.29, 0.717) is 13.0 Å². The van der Waals surface area contributed by atoms with E-state index in [1.807, 2.05) is 13.8 Å². The van der Waals surface area contributed by atoms with Crippen LogP contribution in [0.4, 0.5) is 0 Å². The predicted molar refractivity (Wildman–Crippen MR) is 73.8 cm³/mol. The molecule has 1 atom stereocenters. The third-order valence-corrected chi connectivity index (χ3v) is 2.92. The summed E-state index contributed by atoms with van der Waals surface area (Å²) in [5.74, 6) is -0.581. The second-order valence-electron chi connectivity index (χ2n) is 5.15. The molecule has 1 heterocycles. The molecule has 7 heteroatoms. The lowest BCUT2D eigenvalue weighted by atomic mass is 10.1. The molecule has 1 rings (SSSR count). The van der Waals surface area contributed by atoms with Crippen molar-refractivity contribution in [1.82, 2.24) is 10.4 Å². The number of hydrazine groups is 1. The molecule has 5 nitrogen and oxygen atoms in total. The second-order valence-corrected chi connectivity index (χ2v) is 7.01. The molecule has 1 unspecified atom stereocenters. The lowest BCUT2D eigenvalue weighted by Gasteiger charge is -2.33. The van der Waals surface area contributed by atoms with Gasteiger partial charge in [0.25, 0.3) is 0 Å². The molecule has 0 radical (unpaired) electrons. The summed E-state index contributed by atoms with van der Waals surface area (Å²) in [4.78, 5) is 23.7. The maximum absolute atomic E-state index is 11.9. The molecule has 1 saturated heterocycles. The number of halogens is 2. The van der Waals surface area contributed by atoms with Crippen molar-refractivity contribution in [3.8, 4) is 0 Å². The topological polar surface area (TPSA) is 58.6 Å². The first-order chi connectivity index (χ1) is 8.70. The summed E-state index contributed by atoms with van der Waals surface area (Å²) in [6, 6.07) is -0.521. The zero-order valence-electron chi connectivity index (χ0n) is 11.4. The van der Waals surface area contributed by atoms with Gasteiger partial charge in [-0.1, -0.05) is 37.0 Å². The van der Waals surface area contributed by atoms with Crippen molar-refractivity contribution in [2.75, 3.05) is 13.2 Å². The van der Waals surface area contributed by atoms with Gasteiger partial charge in [0.05, 0.1) is 0 Å². The van der Waals surface area contributed by atoms with Gasteiger partial charge in [-0.3, -0.25) is 14.6 Å². The number of rotatable bonds is 4. The summed E-state index contributed by atoms with van der Waals surface area (Å²) >= 11 is 11.5. The summed E-state index contributed by atoms with van der Waals surface area (Å²) in [7, 11) is 0. The molecule has 1 fully saturated rings. The Balaban J connectivity index is 2.50. The summed E-state index contributed by atoms with van der Waals surface area (Å²) in [6.07, 6.45) is 1.38. The molecule has 110 valence electrons. The van der Waals surface area contributed by atoms with Gasteiger partial charge in [-0.25, -0.2) is 5.43 Å². The van der Waals surface area contributed by atoms with Crippen molar-refractivity contribution < 1.29 is 14.3 Å². The average molecular weight is 311 g/mol. The van der Waals surface area contributed by atoms with Crippen LogP contribution in [-0.2, 0) is 14.3 Å². The van der Waals surface area contributed by atoms with E-state index in [2.05, 4.69) is 5.43 Å². The molecule has 0 bridgehead atoms. The van der Waals surface area contributed by atoms with Gasteiger partial charge in [0.2, 0.25) is 5.91 Å². The van der Waals surface area contributed by atoms with Gasteiger partial charge in [0.1, 0.15) is 17.0 Å². The van der Waals surface area contributed by atoms with E-state index in [9.17, 15) is 9.59 Å². The Kier molecular flexibility index (Phi) is 5.89. The number of alkyl halides is 2. The fraction of sp³-hybridized carbons (Fsp3) is 0.833. The highest BCUT2D eigenvalue weighted by Crippen LogP contribution is 2.20. The van der Waals surface area contributed by atoms with E-state index in [0.717, 1.165) is 6.42 Å². The molecule has 19 heavy (non-hydrogen) atoms. The van der Waals surface area contributed by atoms with Gasteiger partial charge in [-0.2, -0.15) is 0 Å². The number of hydrogen-bond acceptors (Lipinski definition) is 4. The average Bonchev–Trinajstić information content (AvgIpc) is 2.34. The Morgan fingerprint density at radius 2 is 2.11 bits per heavy atom. The normalized spacial score (nSPS) is 20.5. The van der Waals surface area contributed by atoms with Gasteiger partial charge >= 0.3 is 5.97 Å². The van der Waals surface area contributed by atoms with Crippen LogP contribution in [0.5, 0.6) is 0 Å². The minimum Gasteiger partial charge on any atom is -0.461 e. The van der Waals surface area contributed by atoms with Crippen LogP contribution < -0.4 is 5.43 Å². The highest BCUT2D eigenvalue weighted by Gasteiger charge is 2.31. The standard InChI is InChI=1S/C12H20Cl2N2O3/c1-8(2)10(17)16-6-4-5-9(15-16)11(18)19-7-12(3,13)14/h8-9,15H,4-7H2,1-3H3. The third kappa shape index (κ3) is 5.55. The quantitative estimate of drug-likeness (QED) is 0.636. The number of carbonyl (C=O) groups excluding carboxylic acids is 2. The maximum Gasteiger partial charge on any atom is 0.325 e. The molecule has 1 amide bonds. The fourth-order valence-corrected chi connectivity index (χ4v) is 1.83. The predicted octanol–water partition coefficient (Wildman–Crippen LogP) is 1.87. The van der Waals surface area contributed by atoms with Gasteiger partial charge in [-0.05, 0) is 19.8 Å². The molecular formula is C12H20Cl2N2O3. The van der Waals surface area contributed by atoms with E-state index in [4.69, 9.17) is 27.9 Å². The summed E-state index contributed by atoms with van der Waals surface area (Å²) in [5, 5.41) is 1.49. The SMILES string of the molecule is CC(C)C(=O)N1CCCC(C(=O)OCC(C)(Cl)Cl)N1. The van der Waals surface area contributed by atoms with Crippen LogP contribution in [0.15, 0.2) is 0 Å². The second kappa shape index (κ2) is 6.77. The van der Waals surface area contributed by atoms with E-state index in [1.165, 1.54) is 5.01 Å². The number of ether oxygens (including phenoxy) is 1. The Bertz CT molecular complexity index is 342. The minimum absolute atomic E-state index is 0.0305. The number of amides is 1. The number of carbonyl (C=O) groups is 2. The fourth-order valence-electron chi connectivity index (χ4n) is 1.73. The van der Waals surface area contributed by atoms with Gasteiger partial charge < -0.3 is 4.74 Å². The van der Waals surface area contributed by atoms with Crippen LogP contribution in [0.1, 0.15) is 33.6 Å². The summed E-state index contributed by atoms with van der Waals surface area (Å²) in [6.45, 7) is 5.71. The Labute approximate surface area is 123 Å². The van der Waals surface area contributed by atoms with Crippen LogP contribution in [0.3, 0.4) is 0 Å². The molecule has 0 aromatic rings. The molecule has 1 aliphatic heterocycles. The van der Waals surface area contributed by atoms with Crippen molar-refractivity contribution in [3.05, 3.63) is 0 Å². The van der Waals surface area contributed by atoms with E-state index < -0.39 is 16.3 Å². The molecule has 0 aliphatic carbocycles. The molecule has 0 spiro atoms. The maximum atomic E-state index is 11.9. The third-order valence-electron chi connectivity index (χ3n) is 2.70. The first-order valence-electron chi connectivity index (χ1n) is 6.32. The zero-order chi connectivity index (χ0) is 14.6. The van der Waals surface area contributed by atoms with Crippen molar-refractivity contribution in [1.29, 1.82) is 0 Å². The van der Waals surface area contributed by atoms with Crippen LogP contribution in [-0.4, -0.2) is 40.4 Å². The van der Waals surface area contributed by atoms with Crippen molar-refractivity contribution in [2.24, 2.45) is 5.92 Å². The summed E-state index contributed by atoms with van der Waals surface area (Å²) in [5.41, 5.74) is 2.89. The van der Waals surface area contributed by atoms with E-state index in [-0.39, 0.29) is 18.4 Å². The molecule has 1 aliphatic rings. The van der Waals surface area contributed by atoms with Crippen LogP contribution in [0, 0.1) is 5.92 Å². The Morgan fingerprint density at radius 3 is 2.63 bits per heavy atom. The molecule has 1 N–H and O–H groups in total. The highest BCUT2D eigenvalue weighted by atomic mass is 35.5. The number of nitrogens with one attached hydrogen (secondary N) is 1. The minimum atomic E-state index is -1.10. The molecule has 0 aromatic heterocycles. The molecule has 0 aromatic carbocycles. The zero-order valence-corrected chi connectivity index (χ0v) is 12.9. The first-order valence-corrected chi connectivity index (χ1v) is 7.08. The van der Waals surface area contributed by atoms with Crippen LogP contribution in [0.25, 0.3) is 0 Å². The molecular weight excluding hydrogens is 291 g/mol.